The third kappa shape index (κ3) is 3.86. The van der Waals surface area contributed by atoms with Crippen molar-refractivity contribution in [2.24, 2.45) is 0 Å². The smallest absolute Gasteiger partial charge is 0.238 e. The maximum absolute atomic E-state index is 12.0. The van der Waals surface area contributed by atoms with Crippen molar-refractivity contribution in [2.75, 3.05) is 5.32 Å². The van der Waals surface area contributed by atoms with Crippen LogP contribution in [-0.2, 0) is 4.79 Å². The van der Waals surface area contributed by atoms with Crippen molar-refractivity contribution >= 4 is 23.5 Å². The first-order valence-electron chi connectivity index (χ1n) is 6.02. The molecule has 1 aromatic carbocycles. The van der Waals surface area contributed by atoms with Gasteiger partial charge in [-0.25, -0.2) is 0 Å². The highest BCUT2D eigenvalue weighted by molar-refractivity contribution is 8.00. The second kappa shape index (κ2) is 5.93. The van der Waals surface area contributed by atoms with Gasteiger partial charge in [0.2, 0.25) is 5.91 Å². The summed E-state index contributed by atoms with van der Waals surface area (Å²) >= 11 is 1.52. The third-order valence-corrected chi connectivity index (χ3v) is 3.69. The fourth-order valence-corrected chi connectivity index (χ4v) is 2.40. The van der Waals surface area contributed by atoms with E-state index in [-0.39, 0.29) is 11.2 Å². The lowest BCUT2D eigenvalue weighted by molar-refractivity contribution is -0.115. The van der Waals surface area contributed by atoms with E-state index < -0.39 is 0 Å². The number of nitrogens with zero attached hydrogens (tertiary/aromatic N) is 1. The van der Waals surface area contributed by atoms with Gasteiger partial charge in [0.25, 0.3) is 0 Å². The Labute approximate surface area is 116 Å². The van der Waals surface area contributed by atoms with E-state index in [9.17, 15) is 4.79 Å². The van der Waals surface area contributed by atoms with Crippen molar-refractivity contribution < 1.29 is 9.32 Å². The SMILES string of the molecule is Cc1ccc(S[C@@H](C)C(=O)Nc2cc(C)on2)cc1. The van der Waals surface area contributed by atoms with E-state index in [4.69, 9.17) is 4.52 Å². The number of thioether (sulfide) groups is 1. The third-order valence-electron chi connectivity index (χ3n) is 2.58. The van der Waals surface area contributed by atoms with Crippen LogP contribution in [-0.4, -0.2) is 16.3 Å². The molecule has 0 aliphatic heterocycles. The molecule has 1 N–H and O–H groups in total. The maximum Gasteiger partial charge on any atom is 0.238 e. The molecule has 0 saturated heterocycles. The van der Waals surface area contributed by atoms with Crippen LogP contribution in [0.4, 0.5) is 5.82 Å². The molecule has 100 valence electrons. The van der Waals surface area contributed by atoms with Gasteiger partial charge in [-0.3, -0.25) is 4.79 Å². The van der Waals surface area contributed by atoms with Crippen LogP contribution in [0.1, 0.15) is 18.2 Å². The second-order valence-electron chi connectivity index (χ2n) is 4.39. The van der Waals surface area contributed by atoms with Gasteiger partial charge >= 0.3 is 0 Å². The predicted octanol–water partition coefficient (Wildman–Crippen LogP) is 3.41. The summed E-state index contributed by atoms with van der Waals surface area (Å²) < 4.78 is 4.91. The van der Waals surface area contributed by atoms with Crippen LogP contribution in [0.5, 0.6) is 0 Å². The monoisotopic (exact) mass is 276 g/mol. The van der Waals surface area contributed by atoms with E-state index in [1.54, 1.807) is 13.0 Å². The van der Waals surface area contributed by atoms with Crippen LogP contribution in [0, 0.1) is 13.8 Å². The lowest BCUT2D eigenvalue weighted by Gasteiger charge is -2.10. The second-order valence-corrected chi connectivity index (χ2v) is 5.80. The molecule has 0 saturated carbocycles. The van der Waals surface area contributed by atoms with Crippen LogP contribution in [0.25, 0.3) is 0 Å². The lowest BCUT2D eigenvalue weighted by Crippen LogP contribution is -2.22. The molecular formula is C14H16N2O2S. The minimum Gasteiger partial charge on any atom is -0.360 e. The molecule has 19 heavy (non-hydrogen) atoms. The molecule has 1 amide bonds. The number of carbonyl (C=O) groups excluding carboxylic acids is 1. The largest absolute Gasteiger partial charge is 0.360 e. The highest BCUT2D eigenvalue weighted by atomic mass is 32.2. The maximum atomic E-state index is 12.0. The summed E-state index contributed by atoms with van der Waals surface area (Å²) in [5.41, 5.74) is 1.21. The van der Waals surface area contributed by atoms with Crippen molar-refractivity contribution in [1.82, 2.24) is 5.16 Å². The van der Waals surface area contributed by atoms with Crippen molar-refractivity contribution in [3.63, 3.8) is 0 Å². The number of aromatic nitrogens is 1. The van der Waals surface area contributed by atoms with Gasteiger partial charge in [-0.15, -0.1) is 11.8 Å². The summed E-state index contributed by atoms with van der Waals surface area (Å²) in [6.07, 6.45) is 0. The van der Waals surface area contributed by atoms with Gasteiger partial charge in [-0.05, 0) is 32.9 Å². The van der Waals surface area contributed by atoms with Crippen LogP contribution in [0.15, 0.2) is 39.8 Å². The van der Waals surface area contributed by atoms with Gasteiger partial charge in [0.15, 0.2) is 5.82 Å². The van der Waals surface area contributed by atoms with Gasteiger partial charge < -0.3 is 9.84 Å². The van der Waals surface area contributed by atoms with E-state index in [1.165, 1.54) is 17.3 Å². The number of benzene rings is 1. The molecule has 0 unspecified atom stereocenters. The number of aryl methyl sites for hydroxylation is 2. The zero-order valence-corrected chi connectivity index (χ0v) is 12.0. The van der Waals surface area contributed by atoms with Crippen LogP contribution in [0.2, 0.25) is 0 Å². The molecule has 2 aromatic rings. The van der Waals surface area contributed by atoms with E-state index in [0.29, 0.717) is 11.6 Å². The zero-order valence-electron chi connectivity index (χ0n) is 11.1. The number of hydrogen-bond donors (Lipinski definition) is 1. The minimum absolute atomic E-state index is 0.0844. The first-order chi connectivity index (χ1) is 9.04. The average molecular weight is 276 g/mol. The first-order valence-corrected chi connectivity index (χ1v) is 6.90. The molecule has 0 fully saturated rings. The lowest BCUT2D eigenvalue weighted by atomic mass is 10.2. The van der Waals surface area contributed by atoms with Gasteiger partial charge in [-0.2, -0.15) is 0 Å². The topological polar surface area (TPSA) is 55.1 Å². The molecule has 2 rings (SSSR count). The molecule has 0 spiro atoms. The standard InChI is InChI=1S/C14H16N2O2S/c1-9-4-6-12(7-5-9)19-11(3)14(17)15-13-8-10(2)18-16-13/h4-8,11H,1-3H3,(H,15,16,17)/t11-/m0/s1. The van der Waals surface area contributed by atoms with Gasteiger partial charge in [-0.1, -0.05) is 22.9 Å². The zero-order chi connectivity index (χ0) is 13.8. The van der Waals surface area contributed by atoms with E-state index in [0.717, 1.165) is 4.90 Å². The number of anilines is 1. The molecule has 0 aliphatic carbocycles. The Morgan fingerprint density at radius 3 is 2.58 bits per heavy atom. The Morgan fingerprint density at radius 1 is 1.32 bits per heavy atom. The van der Waals surface area contributed by atoms with E-state index in [2.05, 4.69) is 10.5 Å². The number of carbonyl (C=O) groups is 1. The van der Waals surface area contributed by atoms with Gasteiger partial charge in [0.1, 0.15) is 5.76 Å². The number of hydrogen-bond acceptors (Lipinski definition) is 4. The summed E-state index contributed by atoms with van der Waals surface area (Å²) in [5.74, 6) is 1.05. The predicted molar refractivity (Wildman–Crippen MR) is 76.4 cm³/mol. The molecular weight excluding hydrogens is 260 g/mol. The van der Waals surface area contributed by atoms with E-state index >= 15 is 0 Å². The Balaban J connectivity index is 1.94. The van der Waals surface area contributed by atoms with Crippen molar-refractivity contribution in [3.8, 4) is 0 Å². The van der Waals surface area contributed by atoms with Crippen LogP contribution in [0.3, 0.4) is 0 Å². The van der Waals surface area contributed by atoms with Crippen molar-refractivity contribution in [2.45, 2.75) is 30.9 Å². The fraction of sp³-hybridized carbons (Fsp3) is 0.286. The number of rotatable bonds is 4. The Hall–Kier alpha value is -1.75. The first kappa shape index (κ1) is 13.7. The quantitative estimate of drug-likeness (QED) is 0.869. The highest BCUT2D eigenvalue weighted by Gasteiger charge is 2.15. The fourth-order valence-electron chi connectivity index (χ4n) is 1.53. The van der Waals surface area contributed by atoms with E-state index in [1.807, 2.05) is 38.1 Å². The molecule has 1 atom stereocenters. The summed E-state index contributed by atoms with van der Waals surface area (Å²) in [5, 5.41) is 6.28. The number of nitrogens with one attached hydrogen (secondary N) is 1. The Kier molecular flexibility index (Phi) is 4.27. The van der Waals surface area contributed by atoms with Crippen LogP contribution < -0.4 is 5.32 Å². The molecule has 0 radical (unpaired) electrons. The molecule has 5 heteroatoms. The summed E-state index contributed by atoms with van der Waals surface area (Å²) in [7, 11) is 0. The molecule has 4 nitrogen and oxygen atoms in total. The van der Waals surface area contributed by atoms with Gasteiger partial charge in [0.05, 0.1) is 5.25 Å². The molecule has 1 heterocycles. The summed E-state index contributed by atoms with van der Waals surface area (Å²) in [6.45, 7) is 5.69. The molecule has 1 aromatic heterocycles. The van der Waals surface area contributed by atoms with Crippen LogP contribution >= 0.6 is 11.8 Å². The average Bonchev–Trinajstić information content (AvgIpc) is 2.77. The van der Waals surface area contributed by atoms with Crippen molar-refractivity contribution in [3.05, 3.63) is 41.7 Å². The Bertz CT molecular complexity index is 563. The Morgan fingerprint density at radius 2 is 2.00 bits per heavy atom. The molecule has 0 aliphatic rings. The summed E-state index contributed by atoms with van der Waals surface area (Å²) in [6, 6.07) is 9.80. The highest BCUT2D eigenvalue weighted by Crippen LogP contribution is 2.24. The normalized spacial score (nSPS) is 12.2. The summed E-state index contributed by atoms with van der Waals surface area (Å²) in [4.78, 5) is 13.1. The molecule has 0 bridgehead atoms. The van der Waals surface area contributed by atoms with Gasteiger partial charge in [0, 0.05) is 11.0 Å². The minimum atomic E-state index is -0.195. The van der Waals surface area contributed by atoms with Crippen molar-refractivity contribution in [1.29, 1.82) is 0 Å². The number of amides is 1.